The van der Waals surface area contributed by atoms with Crippen LogP contribution in [0.4, 0.5) is 0 Å². The van der Waals surface area contributed by atoms with Gasteiger partial charge in [0, 0.05) is 16.0 Å². The molecule has 0 unspecified atom stereocenters. The number of azide groups is 1. The molecule has 5 nitrogen and oxygen atoms in total. The van der Waals surface area contributed by atoms with Crippen LogP contribution in [0.3, 0.4) is 0 Å². The van der Waals surface area contributed by atoms with Gasteiger partial charge in [0.15, 0.2) is 0 Å². The highest BCUT2D eigenvalue weighted by atomic mass is 15.1. The van der Waals surface area contributed by atoms with Gasteiger partial charge >= 0.3 is 0 Å². The first kappa shape index (κ1) is 10.6. The summed E-state index contributed by atoms with van der Waals surface area (Å²) in [6.07, 6.45) is 0. The summed E-state index contributed by atoms with van der Waals surface area (Å²) in [7, 11) is 0. The summed E-state index contributed by atoms with van der Waals surface area (Å²) in [5.74, 6) is 5.44. The van der Waals surface area contributed by atoms with Crippen molar-refractivity contribution in [2.24, 2.45) is 10.8 Å². The average molecular weight is 199 g/mol. The molecule has 0 aliphatic carbocycles. The van der Waals surface area contributed by atoms with Crippen LogP contribution in [-0.4, -0.2) is 12.4 Å². The van der Waals surface area contributed by atoms with Crippen molar-refractivity contribution in [3.63, 3.8) is 0 Å². The Morgan fingerprint density at radius 1 is 1.53 bits per heavy atom. The van der Waals surface area contributed by atoms with Gasteiger partial charge in [0.25, 0.3) is 0 Å². The van der Waals surface area contributed by atoms with Gasteiger partial charge in [-0.05, 0) is 11.6 Å². The van der Waals surface area contributed by atoms with Crippen LogP contribution in [0, 0.1) is 17.3 Å². The third-order valence-electron chi connectivity index (χ3n) is 1.65. The Balaban J connectivity index is 2.96. The minimum Gasteiger partial charge on any atom is -0.384 e. The first-order valence-corrected chi connectivity index (χ1v) is 4.19. The van der Waals surface area contributed by atoms with Crippen molar-refractivity contribution in [3.8, 4) is 11.8 Å². The second kappa shape index (κ2) is 5.32. The molecule has 0 fully saturated rings. The third kappa shape index (κ3) is 3.07. The van der Waals surface area contributed by atoms with E-state index in [-0.39, 0.29) is 12.4 Å². The molecule has 0 spiro atoms. The van der Waals surface area contributed by atoms with Crippen LogP contribution in [0.15, 0.2) is 29.4 Å². The zero-order valence-electron chi connectivity index (χ0n) is 7.94. The number of nitrogens with zero attached hydrogens (tertiary/aromatic N) is 3. The predicted molar refractivity (Wildman–Crippen MR) is 58.3 cm³/mol. The van der Waals surface area contributed by atoms with Crippen molar-refractivity contribution in [2.45, 2.75) is 0 Å². The number of nitrogens with one attached hydrogen (secondary N) is 1. The minimum atomic E-state index is -0.0244. The van der Waals surface area contributed by atoms with Gasteiger partial charge in [-0.1, -0.05) is 35.2 Å². The van der Waals surface area contributed by atoms with Gasteiger partial charge in [-0.15, -0.1) is 0 Å². The van der Waals surface area contributed by atoms with E-state index in [0.717, 1.165) is 0 Å². The first-order valence-electron chi connectivity index (χ1n) is 4.19. The highest BCUT2D eigenvalue weighted by Gasteiger charge is 2.00. The van der Waals surface area contributed by atoms with Crippen molar-refractivity contribution in [1.29, 1.82) is 5.41 Å². The summed E-state index contributed by atoms with van der Waals surface area (Å²) in [4.78, 5) is 2.58. The maximum absolute atomic E-state index is 8.04. The number of hydrogen-bond donors (Lipinski definition) is 2. The molecule has 1 aromatic rings. The number of nitrogens with two attached hydrogens (primary N) is 1. The normalized spacial score (nSPS) is 8.27. The van der Waals surface area contributed by atoms with Crippen molar-refractivity contribution in [1.82, 2.24) is 0 Å². The molecule has 0 saturated heterocycles. The molecule has 0 aliphatic rings. The Hall–Kier alpha value is -2.44. The van der Waals surface area contributed by atoms with Crippen LogP contribution in [0.25, 0.3) is 10.4 Å². The highest BCUT2D eigenvalue weighted by Crippen LogP contribution is 2.05. The summed E-state index contributed by atoms with van der Waals surface area (Å²) in [6, 6.07) is 7.08. The smallest absolute Gasteiger partial charge is 0.124 e. The number of hydrogen-bond acceptors (Lipinski definition) is 2. The Labute approximate surface area is 87.0 Å². The lowest BCUT2D eigenvalue weighted by molar-refractivity contribution is 1.25. The van der Waals surface area contributed by atoms with Crippen molar-refractivity contribution in [2.75, 3.05) is 6.54 Å². The maximum atomic E-state index is 8.04. The van der Waals surface area contributed by atoms with E-state index in [9.17, 15) is 0 Å². The van der Waals surface area contributed by atoms with Crippen LogP contribution in [-0.2, 0) is 0 Å². The van der Waals surface area contributed by atoms with Gasteiger partial charge < -0.3 is 5.73 Å². The summed E-state index contributed by atoms with van der Waals surface area (Å²) in [6.45, 7) is 0.114. The zero-order valence-corrected chi connectivity index (χ0v) is 7.94. The van der Waals surface area contributed by atoms with Crippen LogP contribution in [0.5, 0.6) is 0 Å². The molecule has 1 aromatic carbocycles. The summed E-state index contributed by atoms with van der Waals surface area (Å²) in [5.41, 5.74) is 14.7. The quantitative estimate of drug-likeness (QED) is 0.186. The molecule has 3 N–H and O–H groups in total. The van der Waals surface area contributed by atoms with Gasteiger partial charge in [0.2, 0.25) is 0 Å². The fraction of sp³-hybridized carbons (Fsp3) is 0.100. The molecule has 0 amide bonds. The largest absolute Gasteiger partial charge is 0.384 e. The van der Waals surface area contributed by atoms with E-state index < -0.39 is 0 Å². The van der Waals surface area contributed by atoms with E-state index in [1.807, 2.05) is 6.07 Å². The Bertz CT molecular complexity index is 474. The summed E-state index contributed by atoms with van der Waals surface area (Å²) < 4.78 is 0. The Morgan fingerprint density at radius 3 is 2.93 bits per heavy atom. The van der Waals surface area contributed by atoms with Gasteiger partial charge in [0.05, 0.1) is 6.54 Å². The van der Waals surface area contributed by atoms with Gasteiger partial charge in [-0.2, -0.15) is 0 Å². The molecule has 15 heavy (non-hydrogen) atoms. The molecule has 74 valence electrons. The number of benzene rings is 1. The van der Waals surface area contributed by atoms with Crippen molar-refractivity contribution in [3.05, 3.63) is 45.8 Å². The molecule has 0 radical (unpaired) electrons. The van der Waals surface area contributed by atoms with E-state index in [0.29, 0.717) is 11.1 Å². The lowest BCUT2D eigenvalue weighted by Crippen LogP contribution is -2.12. The fourth-order valence-electron chi connectivity index (χ4n) is 1.03. The molecule has 0 heterocycles. The monoisotopic (exact) mass is 199 g/mol. The van der Waals surface area contributed by atoms with E-state index >= 15 is 0 Å². The SMILES string of the molecule is [N-]=[N+]=NCC#Cc1ccccc1C(=N)N. The molecule has 0 aromatic heterocycles. The topological polar surface area (TPSA) is 98.6 Å². The first-order chi connectivity index (χ1) is 7.25. The van der Waals surface area contributed by atoms with E-state index in [1.165, 1.54) is 0 Å². The van der Waals surface area contributed by atoms with Crippen LogP contribution in [0.2, 0.25) is 0 Å². The molecular weight excluding hydrogens is 190 g/mol. The number of nitrogen functional groups attached to an aromatic ring is 1. The lowest BCUT2D eigenvalue weighted by Gasteiger charge is -2.00. The minimum absolute atomic E-state index is 0.0244. The number of amidine groups is 1. The predicted octanol–water partition coefficient (Wildman–Crippen LogP) is 1.63. The fourth-order valence-corrected chi connectivity index (χ4v) is 1.03. The molecule has 0 saturated carbocycles. The third-order valence-corrected chi connectivity index (χ3v) is 1.65. The van der Waals surface area contributed by atoms with Crippen molar-refractivity contribution < 1.29 is 0 Å². The zero-order chi connectivity index (χ0) is 11.1. The maximum Gasteiger partial charge on any atom is 0.124 e. The Morgan fingerprint density at radius 2 is 2.27 bits per heavy atom. The second-order valence-electron chi connectivity index (χ2n) is 2.65. The van der Waals surface area contributed by atoms with Gasteiger partial charge in [-0.3, -0.25) is 5.41 Å². The van der Waals surface area contributed by atoms with Crippen LogP contribution < -0.4 is 5.73 Å². The lowest BCUT2D eigenvalue weighted by atomic mass is 10.1. The molecule has 0 bridgehead atoms. The summed E-state index contributed by atoms with van der Waals surface area (Å²) in [5, 5.41) is 10.6. The molecular formula is C10H9N5. The van der Waals surface area contributed by atoms with E-state index in [2.05, 4.69) is 21.9 Å². The highest BCUT2D eigenvalue weighted by molar-refractivity contribution is 5.97. The Kier molecular flexibility index (Phi) is 3.78. The molecule has 1 rings (SSSR count). The second-order valence-corrected chi connectivity index (χ2v) is 2.65. The standard InChI is InChI=1S/C10H9N5/c11-10(12)9-6-2-1-4-8(9)5-3-7-14-15-13/h1-2,4,6H,7H2,(H3,11,12). The average Bonchev–Trinajstić information content (AvgIpc) is 2.25. The molecule has 0 atom stereocenters. The molecule has 5 heteroatoms. The van der Waals surface area contributed by atoms with E-state index in [4.69, 9.17) is 16.7 Å². The van der Waals surface area contributed by atoms with Gasteiger partial charge in [0.1, 0.15) is 5.84 Å². The van der Waals surface area contributed by atoms with Crippen LogP contribution >= 0.6 is 0 Å². The van der Waals surface area contributed by atoms with E-state index in [1.54, 1.807) is 18.2 Å². The number of rotatable bonds is 2. The summed E-state index contributed by atoms with van der Waals surface area (Å²) >= 11 is 0. The van der Waals surface area contributed by atoms with Crippen LogP contribution in [0.1, 0.15) is 11.1 Å². The van der Waals surface area contributed by atoms with Crippen molar-refractivity contribution >= 4 is 5.84 Å². The van der Waals surface area contributed by atoms with Gasteiger partial charge in [-0.25, -0.2) is 0 Å². The molecule has 0 aliphatic heterocycles.